The lowest BCUT2D eigenvalue weighted by Crippen LogP contribution is -2.37. The smallest absolute Gasteiger partial charge is 0.256 e. The van der Waals surface area contributed by atoms with Crippen LogP contribution < -0.4 is 0 Å². The molecule has 23 heavy (non-hydrogen) atoms. The summed E-state index contributed by atoms with van der Waals surface area (Å²) in [5.41, 5.74) is 1.94. The predicted molar refractivity (Wildman–Crippen MR) is 91.0 cm³/mol. The lowest BCUT2D eigenvalue weighted by Gasteiger charge is -2.27. The lowest BCUT2D eigenvalue weighted by molar-refractivity contribution is -0.140. The third-order valence-corrected chi connectivity index (χ3v) is 4.60. The summed E-state index contributed by atoms with van der Waals surface area (Å²) in [4.78, 5) is 14.5. The van der Waals surface area contributed by atoms with Crippen molar-refractivity contribution in [1.29, 1.82) is 0 Å². The van der Waals surface area contributed by atoms with Crippen LogP contribution in [0, 0.1) is 0 Å². The van der Waals surface area contributed by atoms with Crippen molar-refractivity contribution in [3.8, 4) is 0 Å². The molecule has 0 bridgehead atoms. The van der Waals surface area contributed by atoms with Crippen molar-refractivity contribution in [2.24, 2.45) is 0 Å². The molecule has 1 saturated heterocycles. The second-order valence-electron chi connectivity index (χ2n) is 6.20. The molecule has 2 aromatic rings. The van der Waals surface area contributed by atoms with Crippen molar-refractivity contribution in [3.63, 3.8) is 0 Å². The molecule has 1 aliphatic heterocycles. The molecule has 1 aliphatic rings. The highest BCUT2D eigenvalue weighted by Gasteiger charge is 2.27. The van der Waals surface area contributed by atoms with Crippen LogP contribution in [0.1, 0.15) is 42.4 Å². The summed E-state index contributed by atoms with van der Waals surface area (Å²) in [7, 11) is 0. The van der Waals surface area contributed by atoms with Crippen LogP contribution in [0.15, 0.2) is 60.7 Å². The van der Waals surface area contributed by atoms with Crippen molar-refractivity contribution in [3.05, 3.63) is 71.8 Å². The summed E-state index contributed by atoms with van der Waals surface area (Å²) in [6.07, 6.45) is 2.14. The number of hydrogen-bond acceptors (Lipinski definition) is 2. The van der Waals surface area contributed by atoms with E-state index in [1.165, 1.54) is 5.56 Å². The molecule has 0 aliphatic carbocycles. The fourth-order valence-electron chi connectivity index (χ4n) is 3.29. The van der Waals surface area contributed by atoms with Gasteiger partial charge in [0, 0.05) is 19.0 Å². The number of benzene rings is 2. The minimum Gasteiger partial charge on any atom is -0.378 e. The van der Waals surface area contributed by atoms with Crippen LogP contribution in [0.4, 0.5) is 0 Å². The first kappa shape index (κ1) is 15.8. The summed E-state index contributed by atoms with van der Waals surface area (Å²) >= 11 is 0. The summed E-state index contributed by atoms with van der Waals surface area (Å²) in [5, 5.41) is 10.4. The molecule has 1 N–H and O–H groups in total. The molecule has 0 spiro atoms. The van der Waals surface area contributed by atoms with Crippen LogP contribution in [0.2, 0.25) is 0 Å². The zero-order chi connectivity index (χ0) is 16.1. The standard InChI is InChI=1S/C20H23NO2/c22-19(17-11-5-2-6-12-17)20(23)21-14-8-7-13-18(15-21)16-9-3-1-4-10-16/h1-6,9-12,18-19,22H,7-8,13-15H2. The van der Waals surface area contributed by atoms with E-state index in [0.29, 0.717) is 18.0 Å². The Kier molecular flexibility index (Phi) is 5.09. The van der Waals surface area contributed by atoms with Crippen LogP contribution in [0.3, 0.4) is 0 Å². The van der Waals surface area contributed by atoms with E-state index in [-0.39, 0.29) is 5.91 Å². The van der Waals surface area contributed by atoms with Gasteiger partial charge in [-0.25, -0.2) is 0 Å². The second-order valence-corrected chi connectivity index (χ2v) is 6.20. The van der Waals surface area contributed by atoms with Crippen molar-refractivity contribution < 1.29 is 9.90 Å². The Labute approximate surface area is 137 Å². The third-order valence-electron chi connectivity index (χ3n) is 4.60. The Morgan fingerprint density at radius 1 is 1.00 bits per heavy atom. The van der Waals surface area contributed by atoms with E-state index < -0.39 is 6.10 Å². The molecule has 1 heterocycles. The maximum atomic E-state index is 12.7. The summed E-state index contributed by atoms with van der Waals surface area (Å²) in [6, 6.07) is 19.6. The summed E-state index contributed by atoms with van der Waals surface area (Å²) in [5.74, 6) is 0.171. The van der Waals surface area contributed by atoms with Crippen molar-refractivity contribution in [1.82, 2.24) is 4.90 Å². The zero-order valence-corrected chi connectivity index (χ0v) is 13.3. The van der Waals surface area contributed by atoms with Gasteiger partial charge in [-0.1, -0.05) is 67.1 Å². The van der Waals surface area contributed by atoms with Gasteiger partial charge in [-0.2, -0.15) is 0 Å². The lowest BCUT2D eigenvalue weighted by atomic mass is 9.94. The zero-order valence-electron chi connectivity index (χ0n) is 13.3. The first-order valence-electron chi connectivity index (χ1n) is 8.32. The molecule has 3 rings (SSSR count). The Morgan fingerprint density at radius 2 is 1.65 bits per heavy atom. The number of nitrogens with zero attached hydrogens (tertiary/aromatic N) is 1. The van der Waals surface area contributed by atoms with Gasteiger partial charge < -0.3 is 10.0 Å². The van der Waals surface area contributed by atoms with Crippen molar-refractivity contribution >= 4 is 5.91 Å². The third kappa shape index (κ3) is 3.80. The molecule has 1 amide bonds. The fourth-order valence-corrected chi connectivity index (χ4v) is 3.29. The molecular weight excluding hydrogens is 286 g/mol. The molecule has 2 atom stereocenters. The molecule has 1 fully saturated rings. The monoisotopic (exact) mass is 309 g/mol. The molecule has 0 aromatic heterocycles. The quantitative estimate of drug-likeness (QED) is 0.942. The van der Waals surface area contributed by atoms with Gasteiger partial charge in [-0.3, -0.25) is 4.79 Å². The van der Waals surface area contributed by atoms with Gasteiger partial charge in [0.15, 0.2) is 6.10 Å². The highest BCUT2D eigenvalue weighted by molar-refractivity contribution is 5.82. The van der Waals surface area contributed by atoms with Gasteiger partial charge >= 0.3 is 0 Å². The number of hydrogen-bond donors (Lipinski definition) is 1. The minimum absolute atomic E-state index is 0.181. The van der Waals surface area contributed by atoms with Crippen LogP contribution in [0.5, 0.6) is 0 Å². The molecule has 0 saturated carbocycles. The fraction of sp³-hybridized carbons (Fsp3) is 0.350. The average molecular weight is 309 g/mol. The van der Waals surface area contributed by atoms with Gasteiger partial charge in [-0.05, 0) is 24.0 Å². The molecule has 2 aromatic carbocycles. The highest BCUT2D eigenvalue weighted by Crippen LogP contribution is 2.28. The molecule has 120 valence electrons. The number of carbonyl (C=O) groups is 1. The first-order valence-corrected chi connectivity index (χ1v) is 8.32. The first-order chi connectivity index (χ1) is 11.3. The Morgan fingerprint density at radius 3 is 2.35 bits per heavy atom. The van der Waals surface area contributed by atoms with E-state index in [0.717, 1.165) is 25.8 Å². The minimum atomic E-state index is -1.06. The van der Waals surface area contributed by atoms with Gasteiger partial charge in [-0.15, -0.1) is 0 Å². The molecule has 2 unspecified atom stereocenters. The van der Waals surface area contributed by atoms with Gasteiger partial charge in [0.2, 0.25) is 0 Å². The Balaban J connectivity index is 1.74. The molecule has 3 heteroatoms. The van der Waals surface area contributed by atoms with E-state index in [1.807, 2.05) is 41.3 Å². The maximum Gasteiger partial charge on any atom is 0.256 e. The van der Waals surface area contributed by atoms with Crippen LogP contribution in [-0.2, 0) is 4.79 Å². The molecule has 3 nitrogen and oxygen atoms in total. The number of carbonyl (C=O) groups excluding carboxylic acids is 1. The number of aliphatic hydroxyl groups is 1. The highest BCUT2D eigenvalue weighted by atomic mass is 16.3. The SMILES string of the molecule is O=C(C(O)c1ccccc1)N1CCCCC(c2ccccc2)C1. The normalized spacial score (nSPS) is 19.9. The topological polar surface area (TPSA) is 40.5 Å². The van der Waals surface area contributed by atoms with Crippen LogP contribution in [-0.4, -0.2) is 29.0 Å². The number of rotatable bonds is 3. The van der Waals surface area contributed by atoms with Crippen LogP contribution in [0.25, 0.3) is 0 Å². The Bertz CT molecular complexity index is 627. The van der Waals surface area contributed by atoms with Crippen molar-refractivity contribution in [2.75, 3.05) is 13.1 Å². The Hall–Kier alpha value is -2.13. The second kappa shape index (κ2) is 7.42. The summed E-state index contributed by atoms with van der Waals surface area (Å²) in [6.45, 7) is 1.42. The number of likely N-dealkylation sites (tertiary alicyclic amines) is 1. The van der Waals surface area contributed by atoms with E-state index in [2.05, 4.69) is 12.1 Å². The van der Waals surface area contributed by atoms with Gasteiger partial charge in [0.1, 0.15) is 0 Å². The number of aliphatic hydroxyl groups excluding tert-OH is 1. The number of amides is 1. The maximum absolute atomic E-state index is 12.7. The van der Waals surface area contributed by atoms with E-state index in [4.69, 9.17) is 0 Å². The van der Waals surface area contributed by atoms with E-state index in [9.17, 15) is 9.90 Å². The van der Waals surface area contributed by atoms with E-state index >= 15 is 0 Å². The van der Waals surface area contributed by atoms with Crippen LogP contribution >= 0.6 is 0 Å². The van der Waals surface area contributed by atoms with Crippen molar-refractivity contribution in [2.45, 2.75) is 31.3 Å². The predicted octanol–water partition coefficient (Wildman–Crippen LogP) is 3.52. The summed E-state index contributed by atoms with van der Waals surface area (Å²) < 4.78 is 0. The van der Waals surface area contributed by atoms with E-state index in [1.54, 1.807) is 12.1 Å². The average Bonchev–Trinajstić information content (AvgIpc) is 2.88. The molecular formula is C20H23NO2. The van der Waals surface area contributed by atoms with Gasteiger partial charge in [0.25, 0.3) is 5.91 Å². The van der Waals surface area contributed by atoms with Gasteiger partial charge in [0.05, 0.1) is 0 Å². The molecule has 0 radical (unpaired) electrons. The largest absolute Gasteiger partial charge is 0.378 e.